The molecule has 1 aromatic carbocycles. The average Bonchev–Trinajstić information content (AvgIpc) is 3.46. The zero-order valence-electron chi connectivity index (χ0n) is 14.3. The van der Waals surface area contributed by atoms with Gasteiger partial charge in [0, 0.05) is 11.3 Å². The number of aromatic nitrogens is 2. The number of rotatable bonds is 4. The first kappa shape index (κ1) is 15.9. The fourth-order valence-electron chi connectivity index (χ4n) is 3.39. The molecular weight excluding hydrogens is 360 g/mol. The third-order valence-electron chi connectivity index (χ3n) is 4.66. The maximum Gasteiger partial charge on any atom is 0.258 e. The number of carbonyl (C=O) groups is 1. The van der Waals surface area contributed by atoms with Crippen molar-refractivity contribution in [1.82, 2.24) is 15.1 Å². The smallest absolute Gasteiger partial charge is 0.258 e. The van der Waals surface area contributed by atoms with E-state index in [2.05, 4.69) is 15.5 Å². The molecule has 134 valence electrons. The molecule has 27 heavy (non-hydrogen) atoms. The number of nitrogens with one attached hydrogen (secondary N) is 2. The molecule has 2 N–H and O–H groups in total. The Morgan fingerprint density at radius 2 is 2.07 bits per heavy atom. The van der Waals surface area contributed by atoms with Crippen LogP contribution >= 0.6 is 11.3 Å². The number of benzene rings is 1. The van der Waals surface area contributed by atoms with Crippen LogP contribution in [0, 0.1) is 0 Å². The molecule has 4 heterocycles. The van der Waals surface area contributed by atoms with Gasteiger partial charge in [-0.25, -0.2) is 0 Å². The molecule has 0 unspecified atom stereocenters. The van der Waals surface area contributed by atoms with Gasteiger partial charge in [-0.3, -0.25) is 9.89 Å². The Kier molecular flexibility index (Phi) is 3.79. The first-order valence-corrected chi connectivity index (χ1v) is 9.45. The van der Waals surface area contributed by atoms with Gasteiger partial charge in [0.15, 0.2) is 0 Å². The molecule has 6 nitrogen and oxygen atoms in total. The zero-order valence-corrected chi connectivity index (χ0v) is 15.1. The summed E-state index contributed by atoms with van der Waals surface area (Å²) in [6.07, 6.45) is 3.05. The quantitative estimate of drug-likeness (QED) is 0.550. The number of hydrogen-bond donors (Lipinski definition) is 2. The highest BCUT2D eigenvalue weighted by molar-refractivity contribution is 7.13. The molecule has 3 aromatic heterocycles. The lowest BCUT2D eigenvalue weighted by atomic mass is 10.0. The van der Waals surface area contributed by atoms with Crippen molar-refractivity contribution in [2.45, 2.75) is 12.7 Å². The molecule has 1 amide bonds. The molecular formula is C20H16N4O2S. The average molecular weight is 376 g/mol. The standard InChI is InChI=1S/C20H16N4O2S/c25-20-14-6-1-2-7-16(14)22-19(24(20)12-13-5-3-9-26-13)15-11-21-23-18(15)17-8-4-10-27-17/h1-11,19,22H,12H2,(H,21,23)/t19-/m1/s1. The predicted molar refractivity (Wildman–Crippen MR) is 103 cm³/mol. The van der Waals surface area contributed by atoms with Gasteiger partial charge in [0.25, 0.3) is 5.91 Å². The van der Waals surface area contributed by atoms with E-state index in [4.69, 9.17) is 4.42 Å². The summed E-state index contributed by atoms with van der Waals surface area (Å²) < 4.78 is 5.50. The van der Waals surface area contributed by atoms with Crippen LogP contribution < -0.4 is 5.32 Å². The lowest BCUT2D eigenvalue weighted by molar-refractivity contribution is 0.0652. The summed E-state index contributed by atoms with van der Waals surface area (Å²) in [5.74, 6) is 0.694. The van der Waals surface area contributed by atoms with Gasteiger partial charge in [-0.2, -0.15) is 5.10 Å². The van der Waals surface area contributed by atoms with Crippen LogP contribution in [0.1, 0.15) is 27.8 Å². The van der Waals surface area contributed by atoms with Gasteiger partial charge in [-0.05, 0) is 35.7 Å². The Bertz CT molecular complexity index is 1070. The van der Waals surface area contributed by atoms with Crippen LogP contribution in [0.25, 0.3) is 10.6 Å². The number of nitrogens with zero attached hydrogens (tertiary/aromatic N) is 2. The van der Waals surface area contributed by atoms with Crippen LogP contribution in [0.5, 0.6) is 0 Å². The number of aromatic amines is 1. The summed E-state index contributed by atoms with van der Waals surface area (Å²) in [6, 6.07) is 15.3. The van der Waals surface area contributed by atoms with E-state index in [0.29, 0.717) is 12.1 Å². The molecule has 0 bridgehead atoms. The predicted octanol–water partition coefficient (Wildman–Crippen LogP) is 4.50. The van der Waals surface area contributed by atoms with Gasteiger partial charge in [0.1, 0.15) is 11.9 Å². The normalized spacial score (nSPS) is 16.2. The number of H-pyrrole nitrogens is 1. The third kappa shape index (κ3) is 2.72. The first-order chi connectivity index (χ1) is 13.3. The fraction of sp³-hybridized carbons (Fsp3) is 0.100. The third-order valence-corrected chi connectivity index (χ3v) is 5.55. The van der Waals surface area contributed by atoms with Gasteiger partial charge in [-0.1, -0.05) is 18.2 Å². The zero-order chi connectivity index (χ0) is 18.2. The van der Waals surface area contributed by atoms with Crippen LogP contribution in [0.15, 0.2) is 70.8 Å². The molecule has 1 aliphatic rings. The summed E-state index contributed by atoms with van der Waals surface area (Å²) in [5.41, 5.74) is 3.31. The molecule has 0 spiro atoms. The minimum atomic E-state index is -0.353. The molecule has 1 atom stereocenters. The van der Waals surface area contributed by atoms with E-state index >= 15 is 0 Å². The van der Waals surface area contributed by atoms with Crippen molar-refractivity contribution in [3.05, 3.63) is 83.3 Å². The topological polar surface area (TPSA) is 74.2 Å². The number of amides is 1. The minimum Gasteiger partial charge on any atom is -0.467 e. The van der Waals surface area contributed by atoms with Gasteiger partial charge in [0.05, 0.1) is 35.1 Å². The van der Waals surface area contributed by atoms with Crippen LogP contribution in [0.4, 0.5) is 5.69 Å². The fourth-order valence-corrected chi connectivity index (χ4v) is 4.14. The van der Waals surface area contributed by atoms with Crippen LogP contribution in [0.3, 0.4) is 0 Å². The molecule has 7 heteroatoms. The van der Waals surface area contributed by atoms with Crippen molar-refractivity contribution in [1.29, 1.82) is 0 Å². The molecule has 1 aliphatic heterocycles. The molecule has 5 rings (SSSR count). The van der Waals surface area contributed by atoms with Crippen LogP contribution in [-0.2, 0) is 6.54 Å². The Labute approximate surface area is 159 Å². The highest BCUT2D eigenvalue weighted by Crippen LogP contribution is 2.38. The van der Waals surface area contributed by atoms with Crippen molar-refractivity contribution in [2.75, 3.05) is 5.32 Å². The summed E-state index contributed by atoms with van der Waals surface area (Å²) in [7, 11) is 0. The maximum absolute atomic E-state index is 13.3. The lowest BCUT2D eigenvalue weighted by Crippen LogP contribution is -2.42. The number of thiophene rings is 1. The number of carbonyl (C=O) groups excluding carboxylic acids is 1. The molecule has 0 saturated carbocycles. The van der Waals surface area contributed by atoms with E-state index in [9.17, 15) is 4.79 Å². The second kappa shape index (κ2) is 6.44. The molecule has 0 aliphatic carbocycles. The first-order valence-electron chi connectivity index (χ1n) is 8.57. The van der Waals surface area contributed by atoms with Gasteiger partial charge >= 0.3 is 0 Å². The van der Waals surface area contributed by atoms with Gasteiger partial charge in [0.2, 0.25) is 0 Å². The second-order valence-electron chi connectivity index (χ2n) is 6.28. The summed E-state index contributed by atoms with van der Waals surface area (Å²) >= 11 is 1.63. The molecule has 4 aromatic rings. The van der Waals surface area contributed by atoms with Crippen molar-refractivity contribution < 1.29 is 9.21 Å². The Hall–Kier alpha value is -3.32. The number of fused-ring (bicyclic) bond motifs is 1. The summed E-state index contributed by atoms with van der Waals surface area (Å²) in [5, 5.41) is 12.9. The number of anilines is 1. The van der Waals surface area contributed by atoms with Gasteiger partial charge < -0.3 is 14.6 Å². The highest BCUT2D eigenvalue weighted by Gasteiger charge is 2.35. The van der Waals surface area contributed by atoms with Crippen molar-refractivity contribution in [3.63, 3.8) is 0 Å². The Balaban J connectivity index is 1.61. The maximum atomic E-state index is 13.3. The minimum absolute atomic E-state index is 0.0379. The monoisotopic (exact) mass is 376 g/mol. The molecule has 0 fully saturated rings. The van der Waals surface area contributed by atoms with Crippen molar-refractivity contribution in [3.8, 4) is 10.6 Å². The largest absolute Gasteiger partial charge is 0.467 e. The summed E-state index contributed by atoms with van der Waals surface area (Å²) in [6.45, 7) is 0.368. The summed E-state index contributed by atoms with van der Waals surface area (Å²) in [4.78, 5) is 16.1. The van der Waals surface area contributed by atoms with E-state index in [-0.39, 0.29) is 12.1 Å². The van der Waals surface area contributed by atoms with Crippen molar-refractivity contribution in [2.24, 2.45) is 0 Å². The van der Waals surface area contributed by atoms with E-state index in [1.165, 1.54) is 0 Å². The molecule has 0 radical (unpaired) electrons. The number of para-hydroxylation sites is 1. The van der Waals surface area contributed by atoms with Gasteiger partial charge in [-0.15, -0.1) is 11.3 Å². The molecule has 0 saturated heterocycles. The second-order valence-corrected chi connectivity index (χ2v) is 7.23. The highest BCUT2D eigenvalue weighted by atomic mass is 32.1. The number of hydrogen-bond acceptors (Lipinski definition) is 5. The number of furan rings is 1. The van der Waals surface area contributed by atoms with E-state index in [1.807, 2.05) is 53.9 Å². The van der Waals surface area contributed by atoms with E-state index in [1.54, 1.807) is 28.7 Å². The van der Waals surface area contributed by atoms with E-state index in [0.717, 1.165) is 27.6 Å². The van der Waals surface area contributed by atoms with Crippen LogP contribution in [0.2, 0.25) is 0 Å². The Morgan fingerprint density at radius 1 is 1.15 bits per heavy atom. The SMILES string of the molecule is O=C1c2ccccc2N[C@@H](c2cn[nH]c2-c2cccs2)N1Cc1ccco1. The Morgan fingerprint density at radius 3 is 2.89 bits per heavy atom. The van der Waals surface area contributed by atoms with Crippen LogP contribution in [-0.4, -0.2) is 21.0 Å². The van der Waals surface area contributed by atoms with Crippen molar-refractivity contribution >= 4 is 22.9 Å². The lowest BCUT2D eigenvalue weighted by Gasteiger charge is -2.37. The van der Waals surface area contributed by atoms with E-state index < -0.39 is 0 Å².